The molecule has 0 spiro atoms. The topological polar surface area (TPSA) is 49.8 Å². The minimum absolute atomic E-state index is 0.114. The van der Waals surface area contributed by atoms with E-state index >= 15 is 0 Å². The molecular weight excluding hydrogens is 410 g/mol. The number of nitrogens with zero attached hydrogens (tertiary/aromatic N) is 1. The fourth-order valence-electron chi connectivity index (χ4n) is 5.05. The molecule has 0 saturated carbocycles. The third-order valence-electron chi connectivity index (χ3n) is 7.68. The monoisotopic (exact) mass is 447 g/mol. The highest BCUT2D eigenvalue weighted by molar-refractivity contribution is 5.74. The van der Waals surface area contributed by atoms with E-state index < -0.39 is 5.97 Å². The molecule has 1 heterocycles. The van der Waals surface area contributed by atoms with E-state index in [2.05, 4.69) is 75.1 Å². The van der Waals surface area contributed by atoms with Crippen LogP contribution in [-0.4, -0.2) is 41.7 Å². The fourth-order valence-corrected chi connectivity index (χ4v) is 5.05. The Kier molecular flexibility index (Phi) is 6.94. The summed E-state index contributed by atoms with van der Waals surface area (Å²) in [5.41, 5.74) is 8.12. The van der Waals surface area contributed by atoms with Gasteiger partial charge in [-0.15, -0.1) is 0 Å². The molecule has 0 bridgehead atoms. The Bertz CT molecular complexity index is 1040. The van der Waals surface area contributed by atoms with Crippen LogP contribution in [0.3, 0.4) is 0 Å². The molecule has 2 aromatic carbocycles. The molecule has 33 heavy (non-hydrogen) atoms. The van der Waals surface area contributed by atoms with Crippen LogP contribution in [0.2, 0.25) is 0 Å². The van der Waals surface area contributed by atoms with Crippen molar-refractivity contribution in [1.82, 2.24) is 4.90 Å². The highest BCUT2D eigenvalue weighted by Crippen LogP contribution is 2.36. The van der Waals surface area contributed by atoms with Crippen molar-refractivity contribution in [2.75, 3.05) is 19.7 Å². The summed E-state index contributed by atoms with van der Waals surface area (Å²) in [6, 6.07) is 15.5. The van der Waals surface area contributed by atoms with Crippen molar-refractivity contribution in [2.45, 2.75) is 65.3 Å². The average Bonchev–Trinajstić information content (AvgIpc) is 2.80. The van der Waals surface area contributed by atoms with E-state index in [9.17, 15) is 9.90 Å². The number of fused-ring (bicyclic) bond motifs is 1. The molecule has 4 rings (SSSR count). The standard InChI is InChI=1S/C29H37NO3/c1-18(2)22-6-8-23(9-7-22)19(3)17-33-26-12-13-27-20(4)25(11-10-24(27)14-26)15-30-16-28(21(30)5)29(31)32/h6-9,12-14,18-19,21,28H,10-11,15-17H2,1-5H3,(H,31,32). The van der Waals surface area contributed by atoms with Crippen molar-refractivity contribution in [3.63, 3.8) is 0 Å². The summed E-state index contributed by atoms with van der Waals surface area (Å²) in [5.74, 6) is 0.930. The second-order valence-electron chi connectivity index (χ2n) is 10.2. The van der Waals surface area contributed by atoms with Gasteiger partial charge in [0.05, 0.1) is 12.5 Å². The van der Waals surface area contributed by atoms with Gasteiger partial charge in [0.25, 0.3) is 0 Å². The van der Waals surface area contributed by atoms with Gasteiger partial charge in [0, 0.05) is 25.0 Å². The first-order valence-electron chi connectivity index (χ1n) is 12.3. The Labute approximate surface area is 198 Å². The van der Waals surface area contributed by atoms with E-state index in [0.717, 1.165) is 25.1 Å². The van der Waals surface area contributed by atoms with Crippen molar-refractivity contribution >= 4 is 11.5 Å². The fraction of sp³-hybridized carbons (Fsp3) is 0.483. The molecule has 0 radical (unpaired) electrons. The first-order valence-corrected chi connectivity index (χ1v) is 12.3. The molecule has 2 aromatic rings. The van der Waals surface area contributed by atoms with Gasteiger partial charge >= 0.3 is 5.97 Å². The maximum Gasteiger partial charge on any atom is 0.309 e. The van der Waals surface area contributed by atoms with Gasteiger partial charge in [0.2, 0.25) is 0 Å². The lowest BCUT2D eigenvalue weighted by Gasteiger charge is -2.45. The van der Waals surface area contributed by atoms with Crippen LogP contribution in [0.5, 0.6) is 5.75 Å². The molecule has 1 aliphatic heterocycles. The Morgan fingerprint density at radius 2 is 1.79 bits per heavy atom. The van der Waals surface area contributed by atoms with Gasteiger partial charge in [0.1, 0.15) is 5.75 Å². The van der Waals surface area contributed by atoms with Crippen molar-refractivity contribution in [1.29, 1.82) is 0 Å². The molecule has 1 fully saturated rings. The minimum atomic E-state index is -0.673. The molecule has 4 heteroatoms. The zero-order valence-electron chi connectivity index (χ0n) is 20.6. The lowest BCUT2D eigenvalue weighted by Crippen LogP contribution is -2.58. The van der Waals surface area contributed by atoms with Crippen LogP contribution >= 0.6 is 0 Å². The summed E-state index contributed by atoms with van der Waals surface area (Å²) < 4.78 is 6.19. The number of hydrogen-bond donors (Lipinski definition) is 1. The molecule has 176 valence electrons. The number of ether oxygens (including phenoxy) is 1. The summed E-state index contributed by atoms with van der Waals surface area (Å²) in [6.45, 7) is 13.1. The lowest BCUT2D eigenvalue weighted by molar-refractivity contribution is -0.151. The zero-order valence-corrected chi connectivity index (χ0v) is 20.6. The summed E-state index contributed by atoms with van der Waals surface area (Å²) in [4.78, 5) is 13.5. The molecule has 1 N–H and O–H groups in total. The van der Waals surface area contributed by atoms with Crippen LogP contribution in [0, 0.1) is 5.92 Å². The number of carboxylic acid groups (broad SMARTS) is 1. The van der Waals surface area contributed by atoms with Crippen LogP contribution in [0.1, 0.15) is 75.1 Å². The van der Waals surface area contributed by atoms with E-state index in [1.165, 1.54) is 33.4 Å². The van der Waals surface area contributed by atoms with E-state index in [1.807, 2.05) is 6.92 Å². The number of carboxylic acids is 1. The molecule has 2 aliphatic rings. The third kappa shape index (κ3) is 5.01. The van der Waals surface area contributed by atoms with E-state index in [0.29, 0.717) is 25.0 Å². The van der Waals surface area contributed by atoms with Gasteiger partial charge in [-0.1, -0.05) is 56.7 Å². The first-order chi connectivity index (χ1) is 15.7. The summed E-state index contributed by atoms with van der Waals surface area (Å²) in [7, 11) is 0. The first kappa shape index (κ1) is 23.6. The van der Waals surface area contributed by atoms with Gasteiger partial charge in [-0.05, 0) is 72.6 Å². The van der Waals surface area contributed by atoms with Crippen LogP contribution in [0.4, 0.5) is 0 Å². The largest absolute Gasteiger partial charge is 0.493 e. The van der Waals surface area contributed by atoms with Gasteiger partial charge in [-0.25, -0.2) is 0 Å². The SMILES string of the molecule is CC1=C(CN2CC(C(=O)O)C2C)CCc2cc(OCC(C)c3ccc(C(C)C)cc3)ccc21. The maximum atomic E-state index is 11.3. The average molecular weight is 448 g/mol. The Morgan fingerprint density at radius 3 is 2.42 bits per heavy atom. The molecule has 4 nitrogen and oxygen atoms in total. The normalized spacial score (nSPS) is 21.5. The van der Waals surface area contributed by atoms with Gasteiger partial charge in [-0.3, -0.25) is 9.69 Å². The van der Waals surface area contributed by atoms with Gasteiger partial charge in [0.15, 0.2) is 0 Å². The number of rotatable bonds is 8. The number of likely N-dealkylation sites (tertiary alicyclic amines) is 1. The Morgan fingerprint density at radius 1 is 1.09 bits per heavy atom. The van der Waals surface area contributed by atoms with Gasteiger partial charge in [-0.2, -0.15) is 0 Å². The second kappa shape index (κ2) is 9.72. The summed E-state index contributed by atoms with van der Waals surface area (Å²) >= 11 is 0. The molecule has 0 amide bonds. The highest BCUT2D eigenvalue weighted by atomic mass is 16.5. The molecule has 1 aliphatic carbocycles. The van der Waals surface area contributed by atoms with E-state index in [1.54, 1.807) is 0 Å². The number of aryl methyl sites for hydroxylation is 1. The summed E-state index contributed by atoms with van der Waals surface area (Å²) in [5, 5.41) is 9.26. The highest BCUT2D eigenvalue weighted by Gasteiger charge is 2.40. The van der Waals surface area contributed by atoms with Crippen molar-refractivity contribution in [3.05, 3.63) is 70.3 Å². The van der Waals surface area contributed by atoms with Crippen molar-refractivity contribution < 1.29 is 14.6 Å². The number of allylic oxidation sites excluding steroid dienone is 1. The quantitative estimate of drug-likeness (QED) is 0.530. The maximum absolute atomic E-state index is 11.3. The second-order valence-corrected chi connectivity index (χ2v) is 10.2. The van der Waals surface area contributed by atoms with Crippen LogP contribution in [-0.2, 0) is 11.2 Å². The zero-order chi connectivity index (χ0) is 23.7. The number of aliphatic carboxylic acids is 1. The lowest BCUT2D eigenvalue weighted by atomic mass is 9.83. The van der Waals surface area contributed by atoms with Crippen LogP contribution in [0.15, 0.2) is 48.0 Å². The number of hydrogen-bond acceptors (Lipinski definition) is 3. The molecular formula is C29H37NO3. The molecule has 1 saturated heterocycles. The third-order valence-corrected chi connectivity index (χ3v) is 7.68. The molecule has 0 aromatic heterocycles. The molecule has 3 atom stereocenters. The minimum Gasteiger partial charge on any atom is -0.493 e. The van der Waals surface area contributed by atoms with E-state index in [4.69, 9.17) is 4.74 Å². The van der Waals surface area contributed by atoms with Crippen LogP contribution in [0.25, 0.3) is 5.57 Å². The van der Waals surface area contributed by atoms with Crippen molar-refractivity contribution in [3.8, 4) is 5.75 Å². The Balaban J connectivity index is 1.37. The predicted octanol–water partition coefficient (Wildman–Crippen LogP) is 6.12. The van der Waals surface area contributed by atoms with Crippen molar-refractivity contribution in [2.24, 2.45) is 5.92 Å². The van der Waals surface area contributed by atoms with E-state index in [-0.39, 0.29) is 12.0 Å². The number of benzene rings is 2. The van der Waals surface area contributed by atoms with Gasteiger partial charge < -0.3 is 9.84 Å². The predicted molar refractivity (Wildman–Crippen MR) is 134 cm³/mol. The smallest absolute Gasteiger partial charge is 0.309 e. The number of carbonyl (C=O) groups is 1. The summed E-state index contributed by atoms with van der Waals surface area (Å²) in [6.07, 6.45) is 2.04. The Hall–Kier alpha value is -2.59. The van der Waals surface area contributed by atoms with Crippen LogP contribution < -0.4 is 4.74 Å². The molecule has 3 unspecified atom stereocenters.